The average Bonchev–Trinajstić information content (AvgIpc) is 3.09. The third-order valence-electron chi connectivity index (χ3n) is 4.00. The lowest BCUT2D eigenvalue weighted by Crippen LogP contribution is -2.49. The number of carbonyl (C=O) groups is 1. The van der Waals surface area contributed by atoms with Crippen LogP contribution in [0, 0.1) is 11.3 Å². The van der Waals surface area contributed by atoms with Gasteiger partial charge in [-0.2, -0.15) is 5.26 Å². The third-order valence-corrected chi connectivity index (χ3v) is 4.00. The fourth-order valence-electron chi connectivity index (χ4n) is 2.67. The summed E-state index contributed by atoms with van der Waals surface area (Å²) in [4.78, 5) is 20.2. The zero-order valence-electron chi connectivity index (χ0n) is 13.4. The van der Waals surface area contributed by atoms with Crippen LogP contribution in [0.3, 0.4) is 0 Å². The number of anilines is 1. The monoisotopic (exact) mass is 326 g/mol. The summed E-state index contributed by atoms with van der Waals surface area (Å²) in [6, 6.07) is 9.76. The number of carbonyl (C=O) groups excluding carboxylic acids is 1. The minimum absolute atomic E-state index is 0.0150. The minimum atomic E-state index is -0.0150. The molecular formula is C16H18N6O2. The normalized spacial score (nSPS) is 14.3. The summed E-state index contributed by atoms with van der Waals surface area (Å²) in [6.45, 7) is 2.98. The molecule has 1 saturated heterocycles. The Hall–Kier alpha value is -3.08. The van der Waals surface area contributed by atoms with E-state index in [-0.39, 0.29) is 18.3 Å². The van der Waals surface area contributed by atoms with Crippen LogP contribution in [0.1, 0.15) is 5.82 Å². The molecule has 1 fully saturated rings. The first-order valence-corrected chi connectivity index (χ1v) is 7.66. The van der Waals surface area contributed by atoms with Gasteiger partial charge in [0.15, 0.2) is 0 Å². The molecular weight excluding hydrogens is 308 g/mol. The summed E-state index contributed by atoms with van der Waals surface area (Å²) in [5, 5.41) is 12.6. The van der Waals surface area contributed by atoms with E-state index >= 15 is 0 Å². The van der Waals surface area contributed by atoms with E-state index in [0.717, 1.165) is 24.5 Å². The molecule has 0 N–H and O–H groups in total. The van der Waals surface area contributed by atoms with Crippen molar-refractivity contribution in [2.24, 2.45) is 0 Å². The zero-order chi connectivity index (χ0) is 16.9. The van der Waals surface area contributed by atoms with Gasteiger partial charge in [0.25, 0.3) is 5.82 Å². The van der Waals surface area contributed by atoms with Crippen molar-refractivity contribution in [3.05, 3.63) is 36.4 Å². The lowest BCUT2D eigenvalue weighted by Gasteiger charge is -2.36. The molecule has 0 aliphatic carbocycles. The van der Waals surface area contributed by atoms with E-state index in [1.807, 2.05) is 35.2 Å². The molecule has 24 heavy (non-hydrogen) atoms. The van der Waals surface area contributed by atoms with Crippen LogP contribution in [-0.4, -0.2) is 58.9 Å². The van der Waals surface area contributed by atoms with Crippen LogP contribution in [0.15, 0.2) is 30.6 Å². The highest BCUT2D eigenvalue weighted by Gasteiger charge is 2.21. The Kier molecular flexibility index (Phi) is 4.61. The Bertz CT molecular complexity index is 741. The number of piperazine rings is 1. The maximum Gasteiger partial charge on any atom is 0.252 e. The quantitative estimate of drug-likeness (QED) is 0.813. The summed E-state index contributed by atoms with van der Waals surface area (Å²) in [5.41, 5.74) is 1.12. The van der Waals surface area contributed by atoms with Crippen molar-refractivity contribution < 1.29 is 9.53 Å². The van der Waals surface area contributed by atoms with Crippen molar-refractivity contribution in [1.82, 2.24) is 19.7 Å². The molecule has 0 radical (unpaired) electrons. The predicted octanol–water partition coefficient (Wildman–Crippen LogP) is 0.507. The maximum absolute atomic E-state index is 12.3. The molecule has 0 atom stereocenters. The molecule has 0 bridgehead atoms. The predicted molar refractivity (Wildman–Crippen MR) is 86.5 cm³/mol. The first kappa shape index (κ1) is 15.8. The van der Waals surface area contributed by atoms with Gasteiger partial charge in [0, 0.05) is 31.9 Å². The van der Waals surface area contributed by atoms with Crippen molar-refractivity contribution in [3.8, 4) is 11.8 Å². The van der Waals surface area contributed by atoms with Crippen LogP contribution >= 0.6 is 0 Å². The van der Waals surface area contributed by atoms with Gasteiger partial charge in [-0.1, -0.05) is 0 Å². The van der Waals surface area contributed by atoms with Gasteiger partial charge in [0.1, 0.15) is 24.7 Å². The van der Waals surface area contributed by atoms with Crippen molar-refractivity contribution >= 4 is 11.6 Å². The highest BCUT2D eigenvalue weighted by Crippen LogP contribution is 2.20. The lowest BCUT2D eigenvalue weighted by molar-refractivity contribution is -0.132. The summed E-state index contributed by atoms with van der Waals surface area (Å²) in [6.07, 6.45) is 1.41. The van der Waals surface area contributed by atoms with E-state index in [2.05, 4.69) is 15.0 Å². The number of benzene rings is 1. The van der Waals surface area contributed by atoms with Gasteiger partial charge in [-0.3, -0.25) is 4.79 Å². The lowest BCUT2D eigenvalue weighted by atomic mass is 10.2. The van der Waals surface area contributed by atoms with Gasteiger partial charge < -0.3 is 14.5 Å². The maximum atomic E-state index is 12.3. The first-order chi connectivity index (χ1) is 11.7. The van der Waals surface area contributed by atoms with Crippen molar-refractivity contribution in [2.45, 2.75) is 6.54 Å². The van der Waals surface area contributed by atoms with Gasteiger partial charge in [-0.15, -0.1) is 5.10 Å². The van der Waals surface area contributed by atoms with Gasteiger partial charge in [0.2, 0.25) is 5.91 Å². The van der Waals surface area contributed by atoms with Crippen molar-refractivity contribution in [2.75, 3.05) is 38.2 Å². The molecule has 124 valence electrons. The Balaban J connectivity index is 1.54. The topological polar surface area (TPSA) is 87.3 Å². The first-order valence-electron chi connectivity index (χ1n) is 7.66. The van der Waals surface area contributed by atoms with Crippen LogP contribution in [-0.2, 0) is 11.3 Å². The molecule has 1 aromatic carbocycles. The number of amides is 1. The molecule has 2 aromatic rings. The van der Waals surface area contributed by atoms with Crippen molar-refractivity contribution in [3.63, 3.8) is 0 Å². The Morgan fingerprint density at radius 1 is 1.25 bits per heavy atom. The van der Waals surface area contributed by atoms with Crippen LogP contribution in [0.2, 0.25) is 0 Å². The summed E-state index contributed by atoms with van der Waals surface area (Å²) >= 11 is 0. The molecule has 1 amide bonds. The van der Waals surface area contributed by atoms with Gasteiger partial charge >= 0.3 is 0 Å². The number of nitriles is 1. The third kappa shape index (κ3) is 3.46. The smallest absolute Gasteiger partial charge is 0.252 e. The van der Waals surface area contributed by atoms with Gasteiger partial charge in [-0.05, 0) is 24.3 Å². The summed E-state index contributed by atoms with van der Waals surface area (Å²) in [5.74, 6) is 0.892. The highest BCUT2D eigenvalue weighted by atomic mass is 16.5. The zero-order valence-corrected chi connectivity index (χ0v) is 13.4. The molecule has 8 nitrogen and oxygen atoms in total. The molecule has 1 aliphatic heterocycles. The number of ether oxygens (including phenoxy) is 1. The molecule has 3 rings (SSSR count). The standard InChI is InChI=1S/C16H18N6O2/c1-24-14-4-2-13(3-5-14)20-6-8-21(9-7-20)16(23)11-22-12-18-15(10-17)19-22/h2-5,12H,6-9,11H2,1H3. The second-order valence-electron chi connectivity index (χ2n) is 5.44. The van der Waals surface area contributed by atoms with Crippen LogP contribution < -0.4 is 9.64 Å². The average molecular weight is 326 g/mol. The summed E-state index contributed by atoms with van der Waals surface area (Å²) in [7, 11) is 1.65. The number of hydrogen-bond acceptors (Lipinski definition) is 6. The van der Waals surface area contributed by atoms with Crippen LogP contribution in [0.5, 0.6) is 5.75 Å². The largest absolute Gasteiger partial charge is 0.497 e. The number of nitrogens with zero attached hydrogens (tertiary/aromatic N) is 6. The Morgan fingerprint density at radius 3 is 2.54 bits per heavy atom. The molecule has 1 aliphatic rings. The van der Waals surface area contributed by atoms with Crippen LogP contribution in [0.25, 0.3) is 0 Å². The molecule has 2 heterocycles. The van der Waals surface area contributed by atoms with Gasteiger partial charge in [0.05, 0.1) is 7.11 Å². The van der Waals surface area contributed by atoms with Crippen molar-refractivity contribution in [1.29, 1.82) is 5.26 Å². The fourth-order valence-corrected chi connectivity index (χ4v) is 2.67. The van der Waals surface area contributed by atoms with E-state index in [9.17, 15) is 4.79 Å². The summed E-state index contributed by atoms with van der Waals surface area (Å²) < 4.78 is 6.57. The Labute approximate surface area is 139 Å². The van der Waals surface area contributed by atoms with Gasteiger partial charge in [-0.25, -0.2) is 9.67 Å². The number of methoxy groups -OCH3 is 1. The van der Waals surface area contributed by atoms with E-state index < -0.39 is 0 Å². The second-order valence-corrected chi connectivity index (χ2v) is 5.44. The molecule has 0 spiro atoms. The number of aromatic nitrogens is 3. The van der Waals surface area contributed by atoms with E-state index in [1.54, 1.807) is 7.11 Å². The second kappa shape index (κ2) is 7.00. The number of rotatable bonds is 4. The van der Waals surface area contributed by atoms with E-state index in [1.165, 1.54) is 11.0 Å². The van der Waals surface area contributed by atoms with E-state index in [0.29, 0.717) is 13.1 Å². The molecule has 8 heteroatoms. The highest BCUT2D eigenvalue weighted by molar-refractivity contribution is 5.76. The van der Waals surface area contributed by atoms with E-state index in [4.69, 9.17) is 10.00 Å². The fraction of sp³-hybridized carbons (Fsp3) is 0.375. The molecule has 0 unspecified atom stereocenters. The van der Waals surface area contributed by atoms with Crippen LogP contribution in [0.4, 0.5) is 5.69 Å². The number of hydrogen-bond donors (Lipinski definition) is 0. The minimum Gasteiger partial charge on any atom is -0.497 e. The molecule has 1 aromatic heterocycles. The molecule has 0 saturated carbocycles. The Morgan fingerprint density at radius 2 is 1.96 bits per heavy atom. The SMILES string of the molecule is COc1ccc(N2CCN(C(=O)Cn3cnc(C#N)n3)CC2)cc1.